The number of unbranched alkanes of at least 4 members (excludes halogenated alkanes) is 2. The summed E-state index contributed by atoms with van der Waals surface area (Å²) in [5.41, 5.74) is 1.22. The van der Waals surface area contributed by atoms with Gasteiger partial charge in [0.05, 0.1) is 0 Å². The van der Waals surface area contributed by atoms with Crippen molar-refractivity contribution in [2.75, 3.05) is 5.32 Å². The molecule has 1 N–H and O–H groups in total. The summed E-state index contributed by atoms with van der Waals surface area (Å²) in [4.78, 5) is 4.17. The van der Waals surface area contributed by atoms with Crippen LogP contribution in [0.5, 0.6) is 0 Å². The molecule has 2 nitrogen and oxygen atoms in total. The van der Waals surface area contributed by atoms with Crippen molar-refractivity contribution < 1.29 is 0 Å². The van der Waals surface area contributed by atoms with Crippen molar-refractivity contribution >= 4 is 16.5 Å². The number of nitrogens with one attached hydrogen (secondary N) is 1. The minimum Gasteiger partial charge on any atom is -0.382 e. The molecule has 18 heavy (non-hydrogen) atoms. The largest absolute Gasteiger partial charge is 0.382 e. The fourth-order valence-corrected chi connectivity index (χ4v) is 2.29. The Morgan fingerprint density at radius 1 is 1.22 bits per heavy atom. The van der Waals surface area contributed by atoms with Gasteiger partial charge < -0.3 is 5.32 Å². The molecule has 0 aliphatic heterocycles. The molecule has 0 amide bonds. The van der Waals surface area contributed by atoms with Crippen LogP contribution in [-0.2, 0) is 0 Å². The van der Waals surface area contributed by atoms with Crippen LogP contribution in [0.25, 0.3) is 10.8 Å². The second kappa shape index (κ2) is 6.39. The molecular formula is C16H22N2. The summed E-state index contributed by atoms with van der Waals surface area (Å²) < 4.78 is 0. The molecule has 2 heteroatoms. The summed E-state index contributed by atoms with van der Waals surface area (Å²) >= 11 is 0. The second-order valence-corrected chi connectivity index (χ2v) is 4.94. The molecule has 1 heterocycles. The maximum absolute atomic E-state index is 4.17. The third kappa shape index (κ3) is 3.22. The van der Waals surface area contributed by atoms with Crippen LogP contribution >= 0.6 is 0 Å². The smallest absolute Gasteiger partial charge is 0.0423 e. The summed E-state index contributed by atoms with van der Waals surface area (Å²) in [6, 6.07) is 8.95. The number of aromatic nitrogens is 1. The molecule has 0 radical (unpaired) electrons. The third-order valence-electron chi connectivity index (χ3n) is 3.32. The Balaban J connectivity index is 2.07. The van der Waals surface area contributed by atoms with Crippen molar-refractivity contribution in [3.63, 3.8) is 0 Å². The maximum Gasteiger partial charge on any atom is 0.0423 e. The highest BCUT2D eigenvalue weighted by molar-refractivity contribution is 5.93. The molecule has 0 aliphatic rings. The van der Waals surface area contributed by atoms with E-state index in [0.29, 0.717) is 6.04 Å². The Morgan fingerprint density at radius 3 is 2.94 bits per heavy atom. The van der Waals surface area contributed by atoms with Gasteiger partial charge in [-0.05, 0) is 25.5 Å². The molecule has 2 aromatic rings. The van der Waals surface area contributed by atoms with Gasteiger partial charge in [-0.2, -0.15) is 0 Å². The molecule has 1 aromatic heterocycles. The van der Waals surface area contributed by atoms with Crippen LogP contribution in [0, 0.1) is 0 Å². The number of anilines is 1. The van der Waals surface area contributed by atoms with E-state index in [1.807, 2.05) is 12.4 Å². The SMILES string of the molecule is CCCCCC(C)Nc1cccc2cnccc12. The average Bonchev–Trinajstić information content (AvgIpc) is 2.39. The Hall–Kier alpha value is -1.57. The van der Waals surface area contributed by atoms with Gasteiger partial charge in [-0.25, -0.2) is 0 Å². The topological polar surface area (TPSA) is 24.9 Å². The molecule has 1 unspecified atom stereocenters. The van der Waals surface area contributed by atoms with Crippen molar-refractivity contribution in [2.45, 2.75) is 45.6 Å². The zero-order chi connectivity index (χ0) is 12.8. The highest BCUT2D eigenvalue weighted by Crippen LogP contribution is 2.23. The van der Waals surface area contributed by atoms with E-state index in [4.69, 9.17) is 0 Å². The van der Waals surface area contributed by atoms with Gasteiger partial charge in [-0.15, -0.1) is 0 Å². The van der Waals surface area contributed by atoms with Crippen molar-refractivity contribution in [3.05, 3.63) is 36.7 Å². The average molecular weight is 242 g/mol. The zero-order valence-corrected chi connectivity index (χ0v) is 11.3. The number of hydrogen-bond acceptors (Lipinski definition) is 2. The number of pyridine rings is 1. The van der Waals surface area contributed by atoms with E-state index in [9.17, 15) is 0 Å². The van der Waals surface area contributed by atoms with Crippen LogP contribution in [0.1, 0.15) is 39.5 Å². The molecule has 0 spiro atoms. The van der Waals surface area contributed by atoms with Gasteiger partial charge in [0.15, 0.2) is 0 Å². The minimum absolute atomic E-state index is 0.523. The zero-order valence-electron chi connectivity index (χ0n) is 11.3. The van der Waals surface area contributed by atoms with Crippen LogP contribution in [0.2, 0.25) is 0 Å². The standard InChI is InChI=1S/C16H22N2/c1-3-4-5-7-13(2)18-16-9-6-8-14-12-17-11-10-15(14)16/h6,8-13,18H,3-5,7H2,1-2H3. The lowest BCUT2D eigenvalue weighted by atomic mass is 10.1. The van der Waals surface area contributed by atoms with Crippen molar-refractivity contribution in [3.8, 4) is 0 Å². The first-order valence-corrected chi connectivity index (χ1v) is 6.90. The molecule has 0 fully saturated rings. The fraction of sp³-hybridized carbons (Fsp3) is 0.438. The number of nitrogens with zero attached hydrogens (tertiary/aromatic N) is 1. The highest BCUT2D eigenvalue weighted by Gasteiger charge is 2.04. The van der Waals surface area contributed by atoms with Gasteiger partial charge in [0.25, 0.3) is 0 Å². The lowest BCUT2D eigenvalue weighted by Gasteiger charge is -2.16. The molecule has 1 aromatic carbocycles. The van der Waals surface area contributed by atoms with Crippen LogP contribution < -0.4 is 5.32 Å². The van der Waals surface area contributed by atoms with Gasteiger partial charge >= 0.3 is 0 Å². The summed E-state index contributed by atoms with van der Waals surface area (Å²) in [6.45, 7) is 4.51. The Kier molecular flexibility index (Phi) is 4.57. The monoisotopic (exact) mass is 242 g/mol. The predicted octanol–water partition coefficient (Wildman–Crippen LogP) is 4.62. The summed E-state index contributed by atoms with van der Waals surface area (Å²) in [7, 11) is 0. The summed E-state index contributed by atoms with van der Waals surface area (Å²) in [5, 5.41) is 6.07. The lowest BCUT2D eigenvalue weighted by Crippen LogP contribution is -2.15. The quantitative estimate of drug-likeness (QED) is 0.748. The van der Waals surface area contributed by atoms with Crippen LogP contribution in [0.3, 0.4) is 0 Å². The van der Waals surface area contributed by atoms with E-state index in [0.717, 1.165) is 0 Å². The van der Waals surface area contributed by atoms with Crippen LogP contribution in [-0.4, -0.2) is 11.0 Å². The molecule has 1 atom stereocenters. The Morgan fingerprint density at radius 2 is 2.11 bits per heavy atom. The fourth-order valence-electron chi connectivity index (χ4n) is 2.29. The second-order valence-electron chi connectivity index (χ2n) is 4.94. The van der Waals surface area contributed by atoms with Gasteiger partial charge in [-0.3, -0.25) is 4.98 Å². The van der Waals surface area contributed by atoms with E-state index >= 15 is 0 Å². The van der Waals surface area contributed by atoms with Gasteiger partial charge in [0.1, 0.15) is 0 Å². The van der Waals surface area contributed by atoms with E-state index in [1.54, 1.807) is 0 Å². The van der Waals surface area contributed by atoms with Crippen LogP contribution in [0.4, 0.5) is 5.69 Å². The number of rotatable bonds is 6. The van der Waals surface area contributed by atoms with Gasteiger partial charge in [0, 0.05) is 34.9 Å². The van der Waals surface area contributed by atoms with Crippen molar-refractivity contribution in [2.24, 2.45) is 0 Å². The maximum atomic E-state index is 4.17. The van der Waals surface area contributed by atoms with Crippen molar-refractivity contribution in [1.82, 2.24) is 4.98 Å². The molecule has 0 bridgehead atoms. The third-order valence-corrected chi connectivity index (χ3v) is 3.32. The molecule has 2 rings (SSSR count). The van der Waals surface area contributed by atoms with Crippen LogP contribution in [0.15, 0.2) is 36.7 Å². The predicted molar refractivity (Wildman–Crippen MR) is 79.0 cm³/mol. The molecule has 96 valence electrons. The summed E-state index contributed by atoms with van der Waals surface area (Å²) in [5.74, 6) is 0. The Labute approximate surface area is 109 Å². The normalized spacial score (nSPS) is 12.6. The number of fused-ring (bicyclic) bond motifs is 1. The summed E-state index contributed by atoms with van der Waals surface area (Å²) in [6.07, 6.45) is 8.92. The Bertz CT molecular complexity index is 488. The molecular weight excluding hydrogens is 220 g/mol. The molecule has 0 saturated carbocycles. The molecule has 0 aliphatic carbocycles. The number of hydrogen-bond donors (Lipinski definition) is 1. The van der Waals surface area contributed by atoms with Crippen molar-refractivity contribution in [1.29, 1.82) is 0 Å². The first kappa shape index (κ1) is 12.9. The van der Waals surface area contributed by atoms with E-state index < -0.39 is 0 Å². The first-order chi connectivity index (χ1) is 8.81. The highest BCUT2D eigenvalue weighted by atomic mass is 14.9. The van der Waals surface area contributed by atoms with E-state index in [-0.39, 0.29) is 0 Å². The number of benzene rings is 1. The van der Waals surface area contributed by atoms with E-state index in [2.05, 4.69) is 48.4 Å². The molecule has 0 saturated heterocycles. The van der Waals surface area contributed by atoms with Gasteiger partial charge in [0.2, 0.25) is 0 Å². The minimum atomic E-state index is 0.523. The lowest BCUT2D eigenvalue weighted by molar-refractivity contribution is 0.615. The van der Waals surface area contributed by atoms with E-state index in [1.165, 1.54) is 42.1 Å². The van der Waals surface area contributed by atoms with Gasteiger partial charge in [-0.1, -0.05) is 38.3 Å². The first-order valence-electron chi connectivity index (χ1n) is 6.90.